The maximum Gasteiger partial charge on any atom is 0.277 e. The number of hydrogen-bond donors (Lipinski definition) is 2. The monoisotopic (exact) mass is 366 g/mol. The van der Waals surface area contributed by atoms with Crippen LogP contribution in [0.1, 0.15) is 26.3 Å². The van der Waals surface area contributed by atoms with Crippen LogP contribution in [0.2, 0.25) is 0 Å². The van der Waals surface area contributed by atoms with Gasteiger partial charge in [0.25, 0.3) is 11.8 Å². The number of carbonyl (C=O) groups is 2. The molecule has 0 aliphatic heterocycles. The fraction of sp³-hybridized carbons (Fsp3) is 0.579. The average molecular weight is 366 g/mol. The highest BCUT2D eigenvalue weighted by atomic mass is 16.5. The van der Waals surface area contributed by atoms with Gasteiger partial charge < -0.3 is 24.6 Å². The summed E-state index contributed by atoms with van der Waals surface area (Å²) in [5.74, 6) is 1.20. The van der Waals surface area contributed by atoms with Crippen LogP contribution in [0, 0.1) is 0 Å². The number of benzene rings is 1. The van der Waals surface area contributed by atoms with Gasteiger partial charge in [-0.2, -0.15) is 0 Å². The molecule has 0 fully saturated rings. The molecule has 0 radical (unpaired) electrons. The van der Waals surface area contributed by atoms with E-state index in [0.717, 1.165) is 10.5 Å². The average Bonchev–Trinajstić information content (AvgIpc) is 2.59. The zero-order chi connectivity index (χ0) is 19.7. The van der Waals surface area contributed by atoms with Gasteiger partial charge >= 0.3 is 0 Å². The van der Waals surface area contributed by atoms with E-state index in [4.69, 9.17) is 9.47 Å². The molecule has 0 spiro atoms. The zero-order valence-electron chi connectivity index (χ0n) is 16.7. The number of hydrogen-bond acceptors (Lipinski definition) is 4. The van der Waals surface area contributed by atoms with Gasteiger partial charge in [-0.25, -0.2) is 0 Å². The Morgan fingerprint density at radius 2 is 1.88 bits per heavy atom. The van der Waals surface area contributed by atoms with E-state index in [0.29, 0.717) is 24.6 Å². The molecule has 1 unspecified atom stereocenters. The molecule has 0 bridgehead atoms. The summed E-state index contributed by atoms with van der Waals surface area (Å²) < 4.78 is 10.7. The molecule has 0 aliphatic carbocycles. The van der Waals surface area contributed by atoms with Crippen molar-refractivity contribution in [2.24, 2.45) is 0 Å². The lowest BCUT2D eigenvalue weighted by Crippen LogP contribution is -3.14. The molecule has 7 nitrogen and oxygen atoms in total. The van der Waals surface area contributed by atoms with E-state index in [-0.39, 0.29) is 30.9 Å². The first-order chi connectivity index (χ1) is 12.3. The molecule has 0 aliphatic rings. The minimum atomic E-state index is -0.0400. The van der Waals surface area contributed by atoms with Gasteiger partial charge in [0.1, 0.15) is 0 Å². The fourth-order valence-corrected chi connectivity index (χ4v) is 2.68. The van der Waals surface area contributed by atoms with Crippen molar-refractivity contribution in [3.8, 4) is 11.5 Å². The van der Waals surface area contributed by atoms with Crippen LogP contribution >= 0.6 is 0 Å². The predicted octanol–water partition coefficient (Wildman–Crippen LogP) is 0.0916. The molecular formula is C19H32N3O4+. The van der Waals surface area contributed by atoms with Crippen molar-refractivity contribution in [1.29, 1.82) is 0 Å². The normalized spacial score (nSPS) is 11.8. The highest BCUT2D eigenvalue weighted by Crippen LogP contribution is 2.31. The molecule has 2 N–H and O–H groups in total. The van der Waals surface area contributed by atoms with E-state index < -0.39 is 0 Å². The first-order valence-corrected chi connectivity index (χ1v) is 8.89. The molecule has 0 saturated carbocycles. The van der Waals surface area contributed by atoms with E-state index in [2.05, 4.69) is 5.32 Å². The van der Waals surface area contributed by atoms with Crippen molar-refractivity contribution >= 4 is 11.8 Å². The van der Waals surface area contributed by atoms with Gasteiger partial charge in [-0.05, 0) is 26.8 Å². The standard InChI is InChI=1S/C19H31N3O4/c1-7-22(12-17(23)20-14(2)3)13-18(24)21(4)11-15-9-8-10-16(25-5)19(15)26-6/h8-10,14H,7,11-13H2,1-6H3,(H,20,23)/p+1. The minimum Gasteiger partial charge on any atom is -0.493 e. The van der Waals surface area contributed by atoms with Gasteiger partial charge in [-0.15, -0.1) is 0 Å². The lowest BCUT2D eigenvalue weighted by molar-refractivity contribution is -0.882. The first kappa shape index (κ1) is 21.8. The Morgan fingerprint density at radius 1 is 1.19 bits per heavy atom. The van der Waals surface area contributed by atoms with Crippen LogP contribution in [-0.4, -0.2) is 63.7 Å². The second-order valence-corrected chi connectivity index (χ2v) is 6.58. The van der Waals surface area contributed by atoms with Crippen LogP contribution in [0.25, 0.3) is 0 Å². The van der Waals surface area contributed by atoms with Gasteiger partial charge in [0.2, 0.25) is 0 Å². The molecule has 1 aromatic carbocycles. The first-order valence-electron chi connectivity index (χ1n) is 8.89. The molecule has 1 rings (SSSR count). The van der Waals surface area contributed by atoms with Crippen LogP contribution in [0.3, 0.4) is 0 Å². The third kappa shape index (κ3) is 6.55. The number of nitrogens with one attached hydrogen (secondary N) is 2. The van der Waals surface area contributed by atoms with Gasteiger partial charge in [0.15, 0.2) is 24.6 Å². The Bertz CT molecular complexity index is 604. The number of ether oxygens (including phenoxy) is 2. The summed E-state index contributed by atoms with van der Waals surface area (Å²) in [6.07, 6.45) is 0. The topological polar surface area (TPSA) is 72.3 Å². The summed E-state index contributed by atoms with van der Waals surface area (Å²) in [5, 5.41) is 2.86. The number of nitrogens with zero attached hydrogens (tertiary/aromatic N) is 1. The minimum absolute atomic E-state index is 0.0240. The van der Waals surface area contributed by atoms with Gasteiger partial charge in [-0.3, -0.25) is 9.59 Å². The van der Waals surface area contributed by atoms with Gasteiger partial charge in [-0.1, -0.05) is 12.1 Å². The van der Waals surface area contributed by atoms with Crippen molar-refractivity contribution in [1.82, 2.24) is 10.2 Å². The predicted molar refractivity (Wildman–Crippen MR) is 101 cm³/mol. The molecule has 0 heterocycles. The molecule has 2 amide bonds. The molecular weight excluding hydrogens is 334 g/mol. The molecule has 146 valence electrons. The van der Waals surface area contributed by atoms with Gasteiger partial charge in [0.05, 0.1) is 20.8 Å². The Hall–Kier alpha value is -2.28. The molecule has 1 aromatic rings. The third-order valence-electron chi connectivity index (χ3n) is 4.08. The van der Waals surface area contributed by atoms with Crippen molar-refractivity contribution in [2.75, 3.05) is 40.9 Å². The molecule has 26 heavy (non-hydrogen) atoms. The van der Waals surface area contributed by atoms with Crippen molar-refractivity contribution in [3.63, 3.8) is 0 Å². The van der Waals surface area contributed by atoms with E-state index in [1.807, 2.05) is 39.0 Å². The van der Waals surface area contributed by atoms with E-state index in [9.17, 15) is 9.59 Å². The summed E-state index contributed by atoms with van der Waals surface area (Å²) >= 11 is 0. The lowest BCUT2D eigenvalue weighted by Gasteiger charge is -2.23. The quantitative estimate of drug-likeness (QED) is 0.616. The summed E-state index contributed by atoms with van der Waals surface area (Å²) in [6.45, 7) is 7.48. The second kappa shape index (κ2) is 10.7. The van der Waals surface area contributed by atoms with E-state index in [1.54, 1.807) is 26.2 Å². The number of amides is 2. The van der Waals surface area contributed by atoms with Crippen molar-refractivity contribution < 1.29 is 24.0 Å². The van der Waals surface area contributed by atoms with Crippen LogP contribution in [0.5, 0.6) is 11.5 Å². The third-order valence-corrected chi connectivity index (χ3v) is 4.08. The highest BCUT2D eigenvalue weighted by molar-refractivity contribution is 5.79. The number of methoxy groups -OCH3 is 2. The number of carbonyl (C=O) groups excluding carboxylic acids is 2. The van der Waals surface area contributed by atoms with E-state index >= 15 is 0 Å². The summed E-state index contributed by atoms with van der Waals surface area (Å²) in [6, 6.07) is 5.69. The maximum absolute atomic E-state index is 12.6. The maximum atomic E-state index is 12.6. The summed E-state index contributed by atoms with van der Waals surface area (Å²) in [5.41, 5.74) is 0.873. The smallest absolute Gasteiger partial charge is 0.277 e. The Kier molecular flexibility index (Phi) is 8.92. The molecule has 7 heteroatoms. The zero-order valence-corrected chi connectivity index (χ0v) is 16.7. The highest BCUT2D eigenvalue weighted by Gasteiger charge is 2.21. The van der Waals surface area contributed by atoms with Crippen LogP contribution in [0.4, 0.5) is 0 Å². The fourth-order valence-electron chi connectivity index (χ4n) is 2.68. The number of likely N-dealkylation sites (N-methyl/N-ethyl adjacent to an activating group) is 2. The molecule has 1 atom stereocenters. The van der Waals surface area contributed by atoms with E-state index in [1.165, 1.54) is 0 Å². The Labute approximate surface area is 156 Å². The Morgan fingerprint density at radius 3 is 2.42 bits per heavy atom. The summed E-state index contributed by atoms with van der Waals surface area (Å²) in [7, 11) is 4.92. The van der Waals surface area contributed by atoms with Gasteiger partial charge in [0, 0.05) is 25.2 Å². The number of rotatable bonds is 10. The Balaban J connectivity index is 2.71. The lowest BCUT2D eigenvalue weighted by atomic mass is 10.1. The van der Waals surface area contributed by atoms with Crippen LogP contribution in [0.15, 0.2) is 18.2 Å². The molecule has 0 aromatic heterocycles. The van der Waals surface area contributed by atoms with Crippen molar-refractivity contribution in [2.45, 2.75) is 33.4 Å². The SMILES string of the molecule is CC[NH+](CC(=O)NC(C)C)CC(=O)N(C)Cc1cccc(OC)c1OC. The summed E-state index contributed by atoms with van der Waals surface area (Å²) in [4.78, 5) is 27.1. The van der Waals surface area contributed by atoms with Crippen molar-refractivity contribution in [3.05, 3.63) is 23.8 Å². The van der Waals surface area contributed by atoms with Crippen LogP contribution in [-0.2, 0) is 16.1 Å². The van der Waals surface area contributed by atoms with Crippen LogP contribution < -0.4 is 19.7 Å². The second-order valence-electron chi connectivity index (χ2n) is 6.58. The largest absolute Gasteiger partial charge is 0.493 e. The number of para-hydroxylation sites is 1. The molecule has 0 saturated heterocycles. The number of quaternary nitrogens is 1.